The number of carboxylic acids is 1. The number of aryl methyl sites for hydroxylation is 1. The molecule has 2 rings (SSSR count). The van der Waals surface area contributed by atoms with Gasteiger partial charge in [-0.25, -0.2) is 13.2 Å². The van der Waals surface area contributed by atoms with Crippen LogP contribution < -0.4 is 0 Å². The molecule has 0 saturated carbocycles. The lowest BCUT2D eigenvalue weighted by molar-refractivity contribution is -0.142. The molecule has 0 amide bonds. The molecule has 0 radical (unpaired) electrons. The van der Waals surface area contributed by atoms with E-state index >= 15 is 0 Å². The van der Waals surface area contributed by atoms with Crippen molar-refractivity contribution in [3.8, 4) is 0 Å². The van der Waals surface area contributed by atoms with Crippen LogP contribution in [0.5, 0.6) is 0 Å². The normalized spacial score (nSPS) is 17.3. The summed E-state index contributed by atoms with van der Waals surface area (Å²) < 4.78 is 32.2. The molecule has 0 bridgehead atoms. The summed E-state index contributed by atoms with van der Waals surface area (Å²) in [6.07, 6.45) is 2.05. The number of rotatable bonds is 7. The molecule has 1 aromatic rings. The Bertz CT molecular complexity index is 636. The highest BCUT2D eigenvalue weighted by atomic mass is 32.2. The summed E-state index contributed by atoms with van der Waals surface area (Å²) >= 11 is 0. The molecule has 0 aromatic heterocycles. The zero-order valence-corrected chi connectivity index (χ0v) is 14.1. The molecule has 7 heteroatoms. The minimum absolute atomic E-state index is 0.210. The van der Waals surface area contributed by atoms with Gasteiger partial charge in [-0.15, -0.1) is 0 Å². The van der Waals surface area contributed by atoms with Gasteiger partial charge >= 0.3 is 5.97 Å². The number of benzene rings is 1. The van der Waals surface area contributed by atoms with E-state index in [9.17, 15) is 13.2 Å². The van der Waals surface area contributed by atoms with Gasteiger partial charge in [-0.2, -0.15) is 4.31 Å². The van der Waals surface area contributed by atoms with Gasteiger partial charge < -0.3 is 9.84 Å². The van der Waals surface area contributed by atoms with Crippen LogP contribution in [-0.4, -0.2) is 50.1 Å². The molecule has 1 aliphatic heterocycles. The van der Waals surface area contributed by atoms with Crippen molar-refractivity contribution in [3.63, 3.8) is 0 Å². The number of sulfonamides is 1. The van der Waals surface area contributed by atoms with Crippen molar-refractivity contribution >= 4 is 16.0 Å². The predicted molar refractivity (Wildman–Crippen MR) is 85.8 cm³/mol. The van der Waals surface area contributed by atoms with E-state index in [1.165, 1.54) is 4.31 Å². The Morgan fingerprint density at radius 2 is 1.96 bits per heavy atom. The lowest BCUT2D eigenvalue weighted by Gasteiger charge is -2.31. The molecule has 0 spiro atoms. The maximum absolute atomic E-state index is 12.8. The largest absolute Gasteiger partial charge is 0.480 e. The molecule has 0 unspecified atom stereocenters. The lowest BCUT2D eigenvalue weighted by atomic mass is 9.99. The first-order valence-electron chi connectivity index (χ1n) is 7.82. The number of carboxylic acid groups (broad SMARTS) is 1. The molecule has 0 atom stereocenters. The number of nitrogens with zero attached hydrogens (tertiary/aromatic N) is 1. The Hall–Kier alpha value is -1.44. The molecule has 1 saturated heterocycles. The molecule has 1 N–H and O–H groups in total. The van der Waals surface area contributed by atoms with Crippen molar-refractivity contribution in [2.45, 2.75) is 31.1 Å². The fraction of sp³-hybridized carbons (Fsp3) is 0.562. The first-order valence-corrected chi connectivity index (χ1v) is 9.26. The van der Waals surface area contributed by atoms with Gasteiger partial charge in [0, 0.05) is 13.1 Å². The first kappa shape index (κ1) is 17.9. The lowest BCUT2D eigenvalue weighted by Crippen LogP contribution is -2.39. The average molecular weight is 341 g/mol. The van der Waals surface area contributed by atoms with E-state index in [1.54, 1.807) is 12.1 Å². The Labute approximate surface area is 137 Å². The third-order valence-corrected chi connectivity index (χ3v) is 6.12. The van der Waals surface area contributed by atoms with Gasteiger partial charge in [0.15, 0.2) is 0 Å². The Balaban J connectivity index is 1.97. The zero-order valence-electron chi connectivity index (χ0n) is 13.3. The van der Waals surface area contributed by atoms with E-state index in [0.29, 0.717) is 43.9 Å². The predicted octanol–water partition coefficient (Wildman–Crippen LogP) is 1.75. The Kier molecular flexibility index (Phi) is 6.15. The smallest absolute Gasteiger partial charge is 0.329 e. The highest BCUT2D eigenvalue weighted by Crippen LogP contribution is 2.26. The van der Waals surface area contributed by atoms with Gasteiger partial charge in [0.05, 0.1) is 11.5 Å². The number of hydrogen-bond donors (Lipinski definition) is 1. The summed E-state index contributed by atoms with van der Waals surface area (Å²) in [7, 11) is -3.46. The first-order chi connectivity index (χ1) is 10.9. The maximum atomic E-state index is 12.8. The zero-order chi connectivity index (χ0) is 16.9. The maximum Gasteiger partial charge on any atom is 0.329 e. The fourth-order valence-electron chi connectivity index (χ4n) is 2.82. The SMILES string of the molecule is CCc1ccccc1S(=O)(=O)N1CCC(COCC(=O)O)CC1. The number of carbonyl (C=O) groups is 1. The molecule has 1 aliphatic rings. The van der Waals surface area contributed by atoms with Crippen molar-refractivity contribution in [1.29, 1.82) is 0 Å². The van der Waals surface area contributed by atoms with E-state index in [-0.39, 0.29) is 12.5 Å². The number of hydrogen-bond acceptors (Lipinski definition) is 4. The highest BCUT2D eigenvalue weighted by Gasteiger charge is 2.30. The van der Waals surface area contributed by atoms with Crippen LogP contribution in [0.2, 0.25) is 0 Å². The number of ether oxygens (including phenoxy) is 1. The fourth-order valence-corrected chi connectivity index (χ4v) is 4.58. The second-order valence-corrected chi connectivity index (χ2v) is 7.62. The van der Waals surface area contributed by atoms with Crippen molar-refractivity contribution in [2.75, 3.05) is 26.3 Å². The van der Waals surface area contributed by atoms with Gasteiger partial charge in [-0.3, -0.25) is 0 Å². The van der Waals surface area contributed by atoms with Crippen LogP contribution in [0.1, 0.15) is 25.3 Å². The molecule has 23 heavy (non-hydrogen) atoms. The van der Waals surface area contributed by atoms with Crippen molar-refractivity contribution in [2.24, 2.45) is 5.92 Å². The summed E-state index contributed by atoms with van der Waals surface area (Å²) in [5.41, 5.74) is 0.833. The minimum Gasteiger partial charge on any atom is -0.480 e. The van der Waals surface area contributed by atoms with Gasteiger partial charge in [0.1, 0.15) is 6.61 Å². The summed E-state index contributed by atoms with van der Waals surface area (Å²) in [4.78, 5) is 10.8. The molecule has 1 aromatic carbocycles. The quantitative estimate of drug-likeness (QED) is 0.817. The summed E-state index contributed by atoms with van der Waals surface area (Å²) in [5.74, 6) is -0.775. The molecule has 0 aliphatic carbocycles. The van der Waals surface area contributed by atoms with E-state index in [1.807, 2.05) is 19.1 Å². The Morgan fingerprint density at radius 3 is 2.57 bits per heavy atom. The van der Waals surface area contributed by atoms with Crippen LogP contribution in [0.25, 0.3) is 0 Å². The van der Waals surface area contributed by atoms with E-state index in [0.717, 1.165) is 5.56 Å². The van der Waals surface area contributed by atoms with E-state index in [2.05, 4.69) is 0 Å². The molecule has 1 heterocycles. The molecular formula is C16H23NO5S. The van der Waals surface area contributed by atoms with Crippen molar-refractivity contribution < 1.29 is 23.1 Å². The summed E-state index contributed by atoms with van der Waals surface area (Å²) in [5, 5.41) is 8.55. The minimum atomic E-state index is -3.46. The highest BCUT2D eigenvalue weighted by molar-refractivity contribution is 7.89. The second-order valence-electron chi connectivity index (χ2n) is 5.72. The summed E-state index contributed by atoms with van der Waals surface area (Å²) in [6.45, 7) is 2.90. The summed E-state index contributed by atoms with van der Waals surface area (Å²) in [6, 6.07) is 7.11. The van der Waals surface area contributed by atoms with Crippen LogP contribution in [-0.2, 0) is 26.0 Å². The van der Waals surface area contributed by atoms with Gasteiger partial charge in [0.25, 0.3) is 0 Å². The van der Waals surface area contributed by atoms with E-state index in [4.69, 9.17) is 9.84 Å². The van der Waals surface area contributed by atoms with Crippen LogP contribution >= 0.6 is 0 Å². The monoisotopic (exact) mass is 341 g/mol. The average Bonchev–Trinajstić information content (AvgIpc) is 2.55. The van der Waals surface area contributed by atoms with Crippen molar-refractivity contribution in [3.05, 3.63) is 29.8 Å². The van der Waals surface area contributed by atoms with Crippen LogP contribution in [0.3, 0.4) is 0 Å². The second kappa shape index (κ2) is 7.90. The molecule has 128 valence electrons. The Morgan fingerprint density at radius 1 is 1.30 bits per heavy atom. The third kappa shape index (κ3) is 4.53. The molecule has 6 nitrogen and oxygen atoms in total. The van der Waals surface area contributed by atoms with Crippen LogP contribution in [0.4, 0.5) is 0 Å². The molecule has 1 fully saturated rings. The third-order valence-electron chi connectivity index (χ3n) is 4.12. The van der Waals surface area contributed by atoms with Crippen LogP contribution in [0.15, 0.2) is 29.2 Å². The van der Waals surface area contributed by atoms with Gasteiger partial charge in [0.2, 0.25) is 10.0 Å². The number of aliphatic carboxylic acids is 1. The number of piperidine rings is 1. The standard InChI is InChI=1S/C16H23NO5S/c1-2-14-5-3-4-6-15(14)23(20,21)17-9-7-13(8-10-17)11-22-12-16(18)19/h3-6,13H,2,7-12H2,1H3,(H,18,19). The van der Waals surface area contributed by atoms with Crippen molar-refractivity contribution in [1.82, 2.24) is 4.31 Å². The van der Waals surface area contributed by atoms with Crippen LogP contribution in [0, 0.1) is 5.92 Å². The molecular weight excluding hydrogens is 318 g/mol. The van der Waals surface area contributed by atoms with Gasteiger partial charge in [-0.1, -0.05) is 25.1 Å². The topological polar surface area (TPSA) is 83.9 Å². The van der Waals surface area contributed by atoms with E-state index < -0.39 is 16.0 Å². The van der Waals surface area contributed by atoms with Gasteiger partial charge in [-0.05, 0) is 36.8 Å².